The Kier molecular flexibility index (Phi) is 2.77. The Morgan fingerprint density at radius 3 is 2.76 bits per heavy atom. The fraction of sp³-hybridized carbons (Fsp3) is 0.923. The van der Waals surface area contributed by atoms with Crippen LogP contribution in [0.2, 0.25) is 0 Å². The van der Waals surface area contributed by atoms with Crippen LogP contribution in [0.25, 0.3) is 0 Å². The zero-order valence-electron chi connectivity index (χ0n) is 10.9. The Morgan fingerprint density at radius 1 is 1.29 bits per heavy atom. The predicted octanol–water partition coefficient (Wildman–Crippen LogP) is 1.02. The van der Waals surface area contributed by atoms with E-state index in [0.29, 0.717) is 6.04 Å². The van der Waals surface area contributed by atoms with Crippen LogP contribution >= 0.6 is 0 Å². The molecule has 3 aliphatic rings. The molecule has 1 atom stereocenters. The predicted molar refractivity (Wildman–Crippen MR) is 70.0 cm³/mol. The van der Waals surface area contributed by atoms with Crippen molar-refractivity contribution in [3.05, 3.63) is 0 Å². The van der Waals surface area contributed by atoms with Crippen LogP contribution in [-0.4, -0.2) is 54.0 Å². The Balaban J connectivity index is 1.83. The van der Waals surface area contributed by atoms with Crippen LogP contribution in [0.4, 0.5) is 0 Å². The van der Waals surface area contributed by atoms with Crippen molar-refractivity contribution >= 4 is 5.96 Å². The lowest BCUT2D eigenvalue weighted by atomic mass is 9.87. The van der Waals surface area contributed by atoms with Crippen molar-refractivity contribution in [2.45, 2.75) is 50.1 Å². The van der Waals surface area contributed by atoms with Gasteiger partial charge in [-0.2, -0.15) is 0 Å². The summed E-state index contributed by atoms with van der Waals surface area (Å²) in [6, 6.07) is 0.660. The second-order valence-electron chi connectivity index (χ2n) is 6.05. The molecule has 0 aromatic heterocycles. The second-order valence-corrected chi connectivity index (χ2v) is 6.05. The second kappa shape index (κ2) is 4.16. The van der Waals surface area contributed by atoms with E-state index in [0.717, 1.165) is 19.0 Å². The van der Waals surface area contributed by atoms with Gasteiger partial charge in [0.15, 0.2) is 5.96 Å². The van der Waals surface area contributed by atoms with Gasteiger partial charge in [0, 0.05) is 12.6 Å². The molecule has 2 heterocycles. The molecule has 3 rings (SSSR count). The normalized spacial score (nSPS) is 35.8. The molecule has 2 N–H and O–H groups in total. The first kappa shape index (κ1) is 11.3. The van der Waals surface area contributed by atoms with Crippen molar-refractivity contribution in [2.24, 2.45) is 10.7 Å². The highest BCUT2D eigenvalue weighted by Crippen LogP contribution is 2.37. The number of hydrogen-bond donors (Lipinski definition) is 1. The average Bonchev–Trinajstić information content (AvgIpc) is 2.88. The number of nitrogens with two attached hydrogens (primary N) is 1. The first-order valence-electron chi connectivity index (χ1n) is 6.99. The molecule has 17 heavy (non-hydrogen) atoms. The molecule has 0 aromatic carbocycles. The highest BCUT2D eigenvalue weighted by atomic mass is 15.4. The van der Waals surface area contributed by atoms with Gasteiger partial charge in [-0.1, -0.05) is 12.8 Å². The maximum Gasteiger partial charge on any atom is 0.192 e. The Hall–Kier alpha value is -0.770. The zero-order valence-corrected chi connectivity index (χ0v) is 10.9. The van der Waals surface area contributed by atoms with E-state index in [1.54, 1.807) is 0 Å². The number of guanidine groups is 1. The third-order valence-electron chi connectivity index (χ3n) is 4.73. The van der Waals surface area contributed by atoms with Crippen LogP contribution in [0.15, 0.2) is 4.99 Å². The smallest absolute Gasteiger partial charge is 0.192 e. The minimum atomic E-state index is 0.228. The van der Waals surface area contributed by atoms with Crippen LogP contribution in [0.5, 0.6) is 0 Å². The fourth-order valence-electron chi connectivity index (χ4n) is 4.02. The molecule has 96 valence electrons. The lowest BCUT2D eigenvalue weighted by molar-refractivity contribution is 0.0633. The summed E-state index contributed by atoms with van der Waals surface area (Å²) >= 11 is 0. The van der Waals surface area contributed by atoms with Crippen molar-refractivity contribution in [3.8, 4) is 0 Å². The molecular weight excluding hydrogens is 212 g/mol. The molecule has 2 aliphatic heterocycles. The molecule has 0 bridgehead atoms. The molecule has 1 saturated heterocycles. The van der Waals surface area contributed by atoms with Crippen LogP contribution in [0.1, 0.15) is 38.5 Å². The van der Waals surface area contributed by atoms with E-state index >= 15 is 0 Å². The summed E-state index contributed by atoms with van der Waals surface area (Å²) in [6.45, 7) is 3.27. The number of aliphatic imine (C=N–C) groups is 1. The largest absolute Gasteiger partial charge is 0.370 e. The van der Waals surface area contributed by atoms with E-state index in [2.05, 4.69) is 21.8 Å². The van der Waals surface area contributed by atoms with Gasteiger partial charge >= 0.3 is 0 Å². The molecule has 0 aromatic rings. The lowest BCUT2D eigenvalue weighted by Gasteiger charge is -2.47. The average molecular weight is 236 g/mol. The quantitative estimate of drug-likeness (QED) is 0.739. The molecular formula is C13H24N4. The van der Waals surface area contributed by atoms with Crippen molar-refractivity contribution in [1.82, 2.24) is 9.80 Å². The molecule has 0 radical (unpaired) electrons. The van der Waals surface area contributed by atoms with E-state index in [1.807, 2.05) is 0 Å². The summed E-state index contributed by atoms with van der Waals surface area (Å²) in [5, 5.41) is 0. The Bertz CT molecular complexity index is 321. The fourth-order valence-corrected chi connectivity index (χ4v) is 4.02. The lowest BCUT2D eigenvalue weighted by Crippen LogP contribution is -2.62. The van der Waals surface area contributed by atoms with Gasteiger partial charge in [-0.15, -0.1) is 0 Å². The number of hydrogen-bond acceptors (Lipinski definition) is 4. The van der Waals surface area contributed by atoms with Crippen LogP contribution in [-0.2, 0) is 0 Å². The van der Waals surface area contributed by atoms with Crippen molar-refractivity contribution < 1.29 is 0 Å². The van der Waals surface area contributed by atoms with E-state index in [1.165, 1.54) is 45.1 Å². The van der Waals surface area contributed by atoms with Crippen LogP contribution in [0, 0.1) is 0 Å². The SMILES string of the molecule is CN1CCCC2(CN=C(N)N2C2CCCC2)C1. The molecule has 2 fully saturated rings. The molecule has 1 spiro atoms. The molecule has 1 saturated carbocycles. The number of rotatable bonds is 1. The Morgan fingerprint density at radius 2 is 2.06 bits per heavy atom. The topological polar surface area (TPSA) is 44.9 Å². The summed E-state index contributed by atoms with van der Waals surface area (Å²) in [5.74, 6) is 0.812. The number of likely N-dealkylation sites (N-methyl/N-ethyl adjacent to an activating group) is 1. The Labute approximate surface area is 104 Å². The van der Waals surface area contributed by atoms with E-state index in [-0.39, 0.29) is 5.54 Å². The first-order chi connectivity index (χ1) is 8.21. The summed E-state index contributed by atoms with van der Waals surface area (Å²) in [4.78, 5) is 9.51. The minimum Gasteiger partial charge on any atom is -0.370 e. The van der Waals surface area contributed by atoms with Gasteiger partial charge in [-0.05, 0) is 39.3 Å². The van der Waals surface area contributed by atoms with Crippen molar-refractivity contribution in [1.29, 1.82) is 0 Å². The van der Waals surface area contributed by atoms with Crippen molar-refractivity contribution in [3.63, 3.8) is 0 Å². The van der Waals surface area contributed by atoms with E-state index in [9.17, 15) is 0 Å². The third-order valence-corrected chi connectivity index (χ3v) is 4.73. The summed E-state index contributed by atoms with van der Waals surface area (Å²) in [6.07, 6.45) is 7.88. The van der Waals surface area contributed by atoms with E-state index in [4.69, 9.17) is 5.73 Å². The minimum absolute atomic E-state index is 0.228. The highest BCUT2D eigenvalue weighted by Gasteiger charge is 2.47. The summed E-state index contributed by atoms with van der Waals surface area (Å²) < 4.78 is 0. The van der Waals surface area contributed by atoms with Gasteiger partial charge in [0.05, 0.1) is 12.1 Å². The molecule has 1 aliphatic carbocycles. The van der Waals surface area contributed by atoms with Gasteiger partial charge in [-0.3, -0.25) is 4.99 Å². The summed E-state index contributed by atoms with van der Waals surface area (Å²) in [7, 11) is 2.22. The number of nitrogens with zero attached hydrogens (tertiary/aromatic N) is 3. The summed E-state index contributed by atoms with van der Waals surface area (Å²) in [5.41, 5.74) is 6.40. The van der Waals surface area contributed by atoms with Gasteiger partial charge in [0.2, 0.25) is 0 Å². The van der Waals surface area contributed by atoms with Crippen LogP contribution in [0.3, 0.4) is 0 Å². The molecule has 1 unspecified atom stereocenters. The van der Waals surface area contributed by atoms with Gasteiger partial charge < -0.3 is 15.5 Å². The maximum absolute atomic E-state index is 6.17. The monoisotopic (exact) mass is 236 g/mol. The van der Waals surface area contributed by atoms with Gasteiger partial charge in [0.1, 0.15) is 0 Å². The highest BCUT2D eigenvalue weighted by molar-refractivity contribution is 5.81. The standard InChI is InChI=1S/C13H24N4/c1-16-8-4-7-13(10-16)9-15-12(14)17(13)11-5-2-3-6-11/h11H,2-10H2,1H3,(H2,14,15). The molecule has 4 heteroatoms. The van der Waals surface area contributed by atoms with Gasteiger partial charge in [-0.25, -0.2) is 0 Å². The van der Waals surface area contributed by atoms with E-state index < -0.39 is 0 Å². The molecule has 0 amide bonds. The van der Waals surface area contributed by atoms with Crippen LogP contribution < -0.4 is 5.73 Å². The van der Waals surface area contributed by atoms with Crippen molar-refractivity contribution in [2.75, 3.05) is 26.7 Å². The first-order valence-corrected chi connectivity index (χ1v) is 6.99. The van der Waals surface area contributed by atoms with Gasteiger partial charge in [0.25, 0.3) is 0 Å². The maximum atomic E-state index is 6.17. The number of likely N-dealkylation sites (tertiary alicyclic amines) is 1. The third kappa shape index (κ3) is 1.82. The number of piperidine rings is 1. The zero-order chi connectivity index (χ0) is 11.9. The molecule has 4 nitrogen and oxygen atoms in total.